The second kappa shape index (κ2) is 6.26. The Bertz CT molecular complexity index is 768. The summed E-state index contributed by atoms with van der Waals surface area (Å²) in [5.41, 5.74) is -0.336. The molecular weight excluding hydrogens is 364 g/mol. The Balaban J connectivity index is 1.80. The maximum atomic E-state index is 14.1. The third-order valence-electron chi connectivity index (χ3n) is 4.89. The lowest BCUT2D eigenvalue weighted by atomic mass is 9.84. The van der Waals surface area contributed by atoms with Crippen molar-refractivity contribution in [2.75, 3.05) is 0 Å². The molecule has 2 saturated heterocycles. The second-order valence-corrected chi connectivity index (χ2v) is 9.00. The highest BCUT2D eigenvalue weighted by atomic mass is 32.2. The third-order valence-corrected chi connectivity index (χ3v) is 7.60. The minimum atomic E-state index is -4.95. The molecule has 1 aromatic carbocycles. The standard InChI is InChI=1S/C16H16F4O4S/c17-14-8-10(24-16(18,19)20)4-5-13(14)15(21)9-6-11-2-1-3-12(7-9)25(11,22)23/h4-5,8-9,11-12H,1-3,6-7H2. The maximum Gasteiger partial charge on any atom is 0.573 e. The first kappa shape index (κ1) is 18.2. The first-order chi connectivity index (χ1) is 11.6. The van der Waals surface area contributed by atoms with Gasteiger partial charge in [-0.2, -0.15) is 0 Å². The Kier molecular flexibility index (Phi) is 4.55. The Morgan fingerprint density at radius 3 is 2.24 bits per heavy atom. The molecule has 0 aromatic heterocycles. The van der Waals surface area contributed by atoms with Gasteiger partial charge in [-0.05, 0) is 37.8 Å². The van der Waals surface area contributed by atoms with E-state index in [0.717, 1.165) is 18.6 Å². The van der Waals surface area contributed by atoms with E-state index in [4.69, 9.17) is 0 Å². The summed E-state index contributed by atoms with van der Waals surface area (Å²) in [6, 6.07) is 2.35. The molecule has 0 N–H and O–H groups in total. The number of carbonyl (C=O) groups excluding carboxylic acids is 1. The minimum absolute atomic E-state index is 0.137. The Morgan fingerprint density at radius 2 is 1.72 bits per heavy atom. The lowest BCUT2D eigenvalue weighted by Crippen LogP contribution is -2.45. The molecule has 1 aromatic rings. The number of carbonyl (C=O) groups is 1. The maximum absolute atomic E-state index is 14.1. The van der Waals surface area contributed by atoms with Crippen LogP contribution in [0, 0.1) is 11.7 Å². The molecule has 0 spiro atoms. The molecule has 2 bridgehead atoms. The van der Waals surface area contributed by atoms with Gasteiger partial charge in [0.15, 0.2) is 15.6 Å². The van der Waals surface area contributed by atoms with Gasteiger partial charge in [-0.1, -0.05) is 6.42 Å². The number of hydrogen-bond acceptors (Lipinski definition) is 4. The summed E-state index contributed by atoms with van der Waals surface area (Å²) in [5.74, 6) is -3.06. The van der Waals surface area contributed by atoms with Crippen molar-refractivity contribution < 1.29 is 35.5 Å². The van der Waals surface area contributed by atoms with E-state index in [1.54, 1.807) is 0 Å². The monoisotopic (exact) mass is 380 g/mol. The van der Waals surface area contributed by atoms with Gasteiger partial charge in [-0.25, -0.2) is 12.8 Å². The largest absolute Gasteiger partial charge is 0.573 e. The van der Waals surface area contributed by atoms with Crippen LogP contribution >= 0.6 is 0 Å². The van der Waals surface area contributed by atoms with Gasteiger partial charge in [0, 0.05) is 12.0 Å². The normalized spacial score (nSPS) is 28.4. The molecule has 2 aliphatic heterocycles. The van der Waals surface area contributed by atoms with E-state index in [9.17, 15) is 30.8 Å². The van der Waals surface area contributed by atoms with E-state index in [2.05, 4.69) is 4.74 Å². The van der Waals surface area contributed by atoms with Crippen molar-refractivity contribution in [1.29, 1.82) is 0 Å². The highest BCUT2D eigenvalue weighted by Crippen LogP contribution is 2.40. The average Bonchev–Trinajstić information content (AvgIpc) is 2.43. The molecule has 0 amide bonds. The summed E-state index contributed by atoms with van der Waals surface area (Å²) < 4.78 is 78.7. The quantitative estimate of drug-likeness (QED) is 0.593. The Hall–Kier alpha value is -1.64. The topological polar surface area (TPSA) is 60.4 Å². The molecule has 9 heteroatoms. The van der Waals surface area contributed by atoms with Crippen molar-refractivity contribution in [3.05, 3.63) is 29.6 Å². The van der Waals surface area contributed by atoms with Gasteiger partial charge in [0.25, 0.3) is 0 Å². The number of rotatable bonds is 3. The van der Waals surface area contributed by atoms with E-state index in [-0.39, 0.29) is 18.4 Å². The summed E-state index contributed by atoms with van der Waals surface area (Å²) in [5, 5.41) is -1.19. The van der Waals surface area contributed by atoms with Crippen LogP contribution in [0.25, 0.3) is 0 Å². The van der Waals surface area contributed by atoms with Crippen LogP contribution < -0.4 is 4.74 Å². The number of ether oxygens (including phenoxy) is 1. The fourth-order valence-electron chi connectivity index (χ4n) is 3.74. The van der Waals surface area contributed by atoms with E-state index < -0.39 is 50.0 Å². The molecule has 2 atom stereocenters. The number of ketones is 1. The van der Waals surface area contributed by atoms with E-state index >= 15 is 0 Å². The summed E-state index contributed by atoms with van der Waals surface area (Å²) >= 11 is 0. The molecule has 2 unspecified atom stereocenters. The fourth-order valence-corrected chi connectivity index (χ4v) is 6.27. The second-order valence-electron chi connectivity index (χ2n) is 6.49. The van der Waals surface area contributed by atoms with Gasteiger partial charge in [-0.3, -0.25) is 4.79 Å². The number of Topliss-reactive ketones (excluding diaryl/α,β-unsaturated/α-hetero) is 1. The summed E-state index contributed by atoms with van der Waals surface area (Å²) in [4.78, 5) is 12.6. The molecule has 4 nitrogen and oxygen atoms in total. The number of hydrogen-bond donors (Lipinski definition) is 0. The highest BCUT2D eigenvalue weighted by Gasteiger charge is 2.46. The van der Waals surface area contributed by atoms with Crippen molar-refractivity contribution in [1.82, 2.24) is 0 Å². The zero-order chi connectivity index (χ0) is 18.4. The summed E-state index contributed by atoms with van der Waals surface area (Å²) in [7, 11) is -3.24. The minimum Gasteiger partial charge on any atom is -0.406 e. The summed E-state index contributed by atoms with van der Waals surface area (Å²) in [6.45, 7) is 0. The lowest BCUT2D eigenvalue weighted by molar-refractivity contribution is -0.274. The van der Waals surface area contributed by atoms with Crippen LogP contribution in [-0.2, 0) is 9.84 Å². The van der Waals surface area contributed by atoms with Crippen LogP contribution in [0.15, 0.2) is 18.2 Å². The number of sulfone groups is 1. The number of alkyl halides is 3. The fraction of sp³-hybridized carbons (Fsp3) is 0.562. The molecule has 2 aliphatic rings. The van der Waals surface area contributed by atoms with Gasteiger partial charge < -0.3 is 4.74 Å². The molecule has 2 fully saturated rings. The number of halogens is 4. The van der Waals surface area contributed by atoms with Crippen molar-refractivity contribution in [2.45, 2.75) is 49.0 Å². The van der Waals surface area contributed by atoms with Crippen LogP contribution in [0.1, 0.15) is 42.5 Å². The number of benzene rings is 1. The predicted octanol–water partition coefficient (Wildman–Crippen LogP) is 3.65. The van der Waals surface area contributed by atoms with Crippen molar-refractivity contribution in [3.63, 3.8) is 0 Å². The molecule has 0 saturated carbocycles. The van der Waals surface area contributed by atoms with Gasteiger partial charge in [0.1, 0.15) is 11.6 Å². The van der Waals surface area contributed by atoms with Gasteiger partial charge >= 0.3 is 6.36 Å². The molecule has 3 rings (SSSR count). The first-order valence-corrected chi connectivity index (χ1v) is 9.51. The molecule has 2 heterocycles. The molecule has 25 heavy (non-hydrogen) atoms. The average molecular weight is 380 g/mol. The Labute approximate surface area is 142 Å². The highest BCUT2D eigenvalue weighted by molar-refractivity contribution is 7.92. The van der Waals surface area contributed by atoms with Gasteiger partial charge in [0.2, 0.25) is 0 Å². The van der Waals surface area contributed by atoms with Crippen molar-refractivity contribution in [3.8, 4) is 5.75 Å². The van der Waals surface area contributed by atoms with Gasteiger partial charge in [0.05, 0.1) is 16.1 Å². The summed E-state index contributed by atoms with van der Waals surface area (Å²) in [6.07, 6.45) is -2.91. The Morgan fingerprint density at radius 1 is 1.12 bits per heavy atom. The first-order valence-electron chi connectivity index (χ1n) is 7.90. The van der Waals surface area contributed by atoms with Crippen LogP contribution in [0.4, 0.5) is 17.6 Å². The van der Waals surface area contributed by atoms with Gasteiger partial charge in [-0.15, -0.1) is 13.2 Å². The van der Waals surface area contributed by atoms with Crippen LogP contribution in [0.3, 0.4) is 0 Å². The van der Waals surface area contributed by atoms with E-state index in [1.165, 1.54) is 0 Å². The van der Waals surface area contributed by atoms with Crippen LogP contribution in [-0.4, -0.2) is 31.1 Å². The molecular formula is C16H16F4O4S. The van der Waals surface area contributed by atoms with Crippen molar-refractivity contribution >= 4 is 15.6 Å². The van der Waals surface area contributed by atoms with Crippen molar-refractivity contribution in [2.24, 2.45) is 5.92 Å². The third kappa shape index (κ3) is 3.65. The van der Waals surface area contributed by atoms with E-state index in [0.29, 0.717) is 18.9 Å². The lowest BCUT2D eigenvalue weighted by Gasteiger charge is -2.38. The number of fused-ring (bicyclic) bond motifs is 2. The molecule has 138 valence electrons. The van der Waals surface area contributed by atoms with Crippen LogP contribution in [0.2, 0.25) is 0 Å². The molecule has 0 radical (unpaired) electrons. The zero-order valence-electron chi connectivity index (χ0n) is 13.1. The SMILES string of the molecule is O=C(c1ccc(OC(F)(F)F)cc1F)C1CC2CCCC(C1)S2(=O)=O. The predicted molar refractivity (Wildman–Crippen MR) is 80.5 cm³/mol. The van der Waals surface area contributed by atoms with E-state index in [1.807, 2.05) is 0 Å². The molecule has 0 aliphatic carbocycles. The zero-order valence-corrected chi connectivity index (χ0v) is 13.9. The smallest absolute Gasteiger partial charge is 0.406 e. The van der Waals surface area contributed by atoms with Crippen LogP contribution in [0.5, 0.6) is 5.75 Å².